The molecule has 2 aromatic rings. The number of hydrogen-bond acceptors (Lipinski definition) is 2. The zero-order valence-corrected chi connectivity index (χ0v) is 12.8. The Morgan fingerprint density at radius 3 is 2.57 bits per heavy atom. The van der Waals surface area contributed by atoms with Crippen LogP contribution < -0.4 is 11.1 Å². The van der Waals surface area contributed by atoms with Gasteiger partial charge in [-0.2, -0.15) is 0 Å². The molecule has 0 bridgehead atoms. The van der Waals surface area contributed by atoms with Crippen LogP contribution in [0.3, 0.4) is 0 Å². The smallest absolute Gasteiger partial charge is 0.257 e. The lowest BCUT2D eigenvalue weighted by molar-refractivity contribution is 0.102. The van der Waals surface area contributed by atoms with E-state index in [0.29, 0.717) is 5.69 Å². The molecule has 108 valence electrons. The van der Waals surface area contributed by atoms with Crippen molar-refractivity contribution in [3.05, 3.63) is 63.4 Å². The molecule has 0 aromatic heterocycles. The third kappa shape index (κ3) is 3.50. The highest BCUT2D eigenvalue weighted by Crippen LogP contribution is 2.27. The Labute approximate surface area is 135 Å². The number of carbonyl (C=O) groups is 1. The van der Waals surface area contributed by atoms with Gasteiger partial charge in [-0.05, 0) is 30.3 Å². The van der Waals surface area contributed by atoms with Crippen LogP contribution in [0, 0.1) is 5.82 Å². The van der Waals surface area contributed by atoms with Crippen LogP contribution >= 0.6 is 35.4 Å². The fourth-order valence-electron chi connectivity index (χ4n) is 1.70. The van der Waals surface area contributed by atoms with Crippen molar-refractivity contribution >= 4 is 52.0 Å². The van der Waals surface area contributed by atoms with E-state index in [2.05, 4.69) is 5.32 Å². The summed E-state index contributed by atoms with van der Waals surface area (Å²) >= 11 is 16.7. The molecular formula is C14H9Cl2FN2OS. The van der Waals surface area contributed by atoms with Crippen LogP contribution in [0.15, 0.2) is 36.4 Å². The average molecular weight is 343 g/mol. The first-order valence-corrected chi connectivity index (χ1v) is 6.91. The molecule has 0 aliphatic carbocycles. The number of thiocarbonyl (C=S) groups is 1. The normalized spacial score (nSPS) is 10.2. The zero-order valence-electron chi connectivity index (χ0n) is 10.5. The summed E-state index contributed by atoms with van der Waals surface area (Å²) in [6, 6.07) is 8.41. The lowest BCUT2D eigenvalue weighted by Crippen LogP contribution is -2.18. The number of nitrogens with one attached hydrogen (secondary N) is 1. The molecule has 3 nitrogen and oxygen atoms in total. The van der Waals surface area contributed by atoms with Crippen LogP contribution in [0.5, 0.6) is 0 Å². The highest BCUT2D eigenvalue weighted by Gasteiger charge is 2.15. The van der Waals surface area contributed by atoms with Crippen LogP contribution in [-0.2, 0) is 0 Å². The Morgan fingerprint density at radius 1 is 1.19 bits per heavy atom. The second-order valence-electron chi connectivity index (χ2n) is 4.11. The minimum absolute atomic E-state index is 0.0259. The summed E-state index contributed by atoms with van der Waals surface area (Å²) in [6.45, 7) is 0. The van der Waals surface area contributed by atoms with Gasteiger partial charge < -0.3 is 11.1 Å². The molecule has 0 aliphatic rings. The van der Waals surface area contributed by atoms with Crippen molar-refractivity contribution in [3.8, 4) is 0 Å². The van der Waals surface area contributed by atoms with E-state index in [9.17, 15) is 9.18 Å². The minimum atomic E-state index is -0.503. The minimum Gasteiger partial charge on any atom is -0.389 e. The Balaban J connectivity index is 2.36. The predicted octanol–water partition coefficient (Wildman–Crippen LogP) is 4.02. The SMILES string of the molecule is NC(=S)c1cc(F)ccc1NC(=O)c1cccc(Cl)c1Cl. The van der Waals surface area contributed by atoms with Crippen LogP contribution in [0.2, 0.25) is 10.0 Å². The van der Waals surface area contributed by atoms with Gasteiger partial charge in [-0.1, -0.05) is 41.5 Å². The van der Waals surface area contributed by atoms with E-state index in [1.807, 2.05) is 0 Å². The Kier molecular flexibility index (Phi) is 4.77. The number of halogens is 3. The number of rotatable bonds is 3. The van der Waals surface area contributed by atoms with Crippen molar-refractivity contribution in [2.75, 3.05) is 5.32 Å². The van der Waals surface area contributed by atoms with E-state index in [-0.39, 0.29) is 26.2 Å². The van der Waals surface area contributed by atoms with Gasteiger partial charge in [0, 0.05) is 5.56 Å². The molecule has 21 heavy (non-hydrogen) atoms. The van der Waals surface area contributed by atoms with Crippen molar-refractivity contribution in [1.29, 1.82) is 0 Å². The number of amides is 1. The van der Waals surface area contributed by atoms with Crippen molar-refractivity contribution in [3.63, 3.8) is 0 Å². The van der Waals surface area contributed by atoms with Crippen LogP contribution in [0.25, 0.3) is 0 Å². The fraction of sp³-hybridized carbons (Fsp3) is 0. The second-order valence-corrected chi connectivity index (χ2v) is 5.33. The van der Waals surface area contributed by atoms with Crippen molar-refractivity contribution in [2.24, 2.45) is 5.73 Å². The van der Waals surface area contributed by atoms with Gasteiger partial charge in [0.05, 0.1) is 21.3 Å². The van der Waals surface area contributed by atoms with Crippen LogP contribution in [-0.4, -0.2) is 10.9 Å². The number of nitrogens with two attached hydrogens (primary N) is 1. The molecule has 2 rings (SSSR count). The molecule has 0 saturated carbocycles. The number of hydrogen-bond donors (Lipinski definition) is 2. The van der Waals surface area contributed by atoms with Crippen LogP contribution in [0.1, 0.15) is 15.9 Å². The van der Waals surface area contributed by atoms with E-state index in [1.165, 1.54) is 18.2 Å². The van der Waals surface area contributed by atoms with Gasteiger partial charge in [-0.3, -0.25) is 4.79 Å². The third-order valence-electron chi connectivity index (χ3n) is 2.69. The standard InChI is InChI=1S/C14H9Cl2FN2OS/c15-10-3-1-2-8(12(10)16)14(20)19-11-5-4-7(17)6-9(11)13(18)21/h1-6H,(H2,18,21)(H,19,20). The van der Waals surface area contributed by atoms with Gasteiger partial charge in [-0.15, -0.1) is 0 Å². The molecule has 0 saturated heterocycles. The maximum Gasteiger partial charge on any atom is 0.257 e. The van der Waals surface area contributed by atoms with Crippen molar-refractivity contribution < 1.29 is 9.18 Å². The topological polar surface area (TPSA) is 55.1 Å². The summed E-state index contributed by atoms with van der Waals surface area (Å²) in [6.07, 6.45) is 0. The van der Waals surface area contributed by atoms with Gasteiger partial charge in [0.1, 0.15) is 10.8 Å². The molecule has 1 amide bonds. The van der Waals surface area contributed by atoms with Crippen LogP contribution in [0.4, 0.5) is 10.1 Å². The zero-order chi connectivity index (χ0) is 15.6. The maximum absolute atomic E-state index is 13.2. The first-order chi connectivity index (χ1) is 9.90. The predicted molar refractivity (Wildman–Crippen MR) is 86.7 cm³/mol. The first kappa shape index (κ1) is 15.7. The van der Waals surface area contributed by atoms with Gasteiger partial charge >= 0.3 is 0 Å². The summed E-state index contributed by atoms with van der Waals surface area (Å²) in [7, 11) is 0. The summed E-state index contributed by atoms with van der Waals surface area (Å²) < 4.78 is 13.2. The molecule has 2 aromatic carbocycles. The average Bonchev–Trinajstić information content (AvgIpc) is 2.43. The third-order valence-corrected chi connectivity index (χ3v) is 3.73. The molecule has 0 fully saturated rings. The largest absolute Gasteiger partial charge is 0.389 e. The number of benzene rings is 2. The molecular weight excluding hydrogens is 334 g/mol. The Bertz CT molecular complexity index is 737. The highest BCUT2D eigenvalue weighted by molar-refractivity contribution is 7.80. The Morgan fingerprint density at radius 2 is 1.90 bits per heavy atom. The Hall–Kier alpha value is -1.69. The molecule has 0 atom stereocenters. The van der Waals surface area contributed by atoms with Crippen molar-refractivity contribution in [1.82, 2.24) is 0 Å². The summed E-state index contributed by atoms with van der Waals surface area (Å²) in [5, 5.41) is 2.98. The summed E-state index contributed by atoms with van der Waals surface area (Å²) in [5.41, 5.74) is 6.24. The van der Waals surface area contributed by atoms with E-state index >= 15 is 0 Å². The van der Waals surface area contributed by atoms with E-state index < -0.39 is 11.7 Å². The van der Waals surface area contributed by atoms with Crippen molar-refractivity contribution in [2.45, 2.75) is 0 Å². The number of anilines is 1. The van der Waals surface area contributed by atoms with Gasteiger partial charge in [0.15, 0.2) is 0 Å². The maximum atomic E-state index is 13.2. The molecule has 0 heterocycles. The van der Waals surface area contributed by atoms with Gasteiger partial charge in [-0.25, -0.2) is 4.39 Å². The van der Waals surface area contributed by atoms with E-state index in [0.717, 1.165) is 6.07 Å². The highest BCUT2D eigenvalue weighted by atomic mass is 35.5. The molecule has 0 aliphatic heterocycles. The molecule has 7 heteroatoms. The van der Waals surface area contributed by atoms with Gasteiger partial charge in [0.25, 0.3) is 5.91 Å². The fourth-order valence-corrected chi connectivity index (χ4v) is 2.25. The summed E-state index contributed by atoms with van der Waals surface area (Å²) in [5.74, 6) is -0.997. The lowest BCUT2D eigenvalue weighted by atomic mass is 10.1. The van der Waals surface area contributed by atoms with E-state index in [1.54, 1.807) is 12.1 Å². The quantitative estimate of drug-likeness (QED) is 0.828. The molecule has 0 spiro atoms. The van der Waals surface area contributed by atoms with E-state index in [4.69, 9.17) is 41.2 Å². The number of carbonyl (C=O) groups excluding carboxylic acids is 1. The second kappa shape index (κ2) is 6.39. The van der Waals surface area contributed by atoms with Gasteiger partial charge in [0.2, 0.25) is 0 Å². The lowest BCUT2D eigenvalue weighted by Gasteiger charge is -2.11. The molecule has 3 N–H and O–H groups in total. The summed E-state index contributed by atoms with van der Waals surface area (Å²) in [4.78, 5) is 12.2. The molecule has 0 unspecified atom stereocenters. The monoisotopic (exact) mass is 342 g/mol. The first-order valence-electron chi connectivity index (χ1n) is 5.75. The molecule has 0 radical (unpaired) electrons.